The highest BCUT2D eigenvalue weighted by atomic mass is 16.6. The monoisotopic (exact) mass is 305 g/mol. The molecule has 0 spiro atoms. The van der Waals surface area contributed by atoms with Gasteiger partial charge in [-0.25, -0.2) is 4.79 Å². The molecule has 1 aliphatic rings. The number of nitrogens with two attached hydrogens (primary N) is 1. The minimum absolute atomic E-state index is 0.0235. The van der Waals surface area contributed by atoms with E-state index in [9.17, 15) is 4.79 Å². The topological polar surface area (TPSA) is 67.6 Å². The molecule has 0 radical (unpaired) electrons. The highest BCUT2D eigenvalue weighted by molar-refractivity contribution is 5.69. The second kappa shape index (κ2) is 6.46. The normalized spacial score (nSPS) is 16.5. The first-order chi connectivity index (χ1) is 10.2. The average Bonchev–Trinajstić information content (AvgIpc) is 2.40. The van der Waals surface area contributed by atoms with E-state index in [-0.39, 0.29) is 17.7 Å². The highest BCUT2D eigenvalue weighted by Gasteiger charge is 2.25. The summed E-state index contributed by atoms with van der Waals surface area (Å²) >= 11 is 0. The number of nitrogens with one attached hydrogen (secondary N) is 1. The van der Waals surface area contributed by atoms with E-state index in [4.69, 9.17) is 10.5 Å². The van der Waals surface area contributed by atoms with Crippen molar-refractivity contribution < 1.29 is 9.53 Å². The summed E-state index contributed by atoms with van der Waals surface area (Å²) < 4.78 is 5.50. The van der Waals surface area contributed by atoms with Gasteiger partial charge in [0.15, 0.2) is 0 Å². The van der Waals surface area contributed by atoms with Crippen LogP contribution in [0.15, 0.2) is 18.2 Å². The summed E-state index contributed by atoms with van der Waals surface area (Å²) in [7, 11) is 0. The van der Waals surface area contributed by atoms with Gasteiger partial charge in [-0.1, -0.05) is 6.07 Å². The van der Waals surface area contributed by atoms with Crippen molar-refractivity contribution in [1.29, 1.82) is 0 Å². The lowest BCUT2D eigenvalue weighted by Gasteiger charge is -2.34. The zero-order valence-electron chi connectivity index (χ0n) is 14.0. The number of anilines is 2. The number of nitrogens with zero attached hydrogens (tertiary/aromatic N) is 1. The molecule has 1 saturated heterocycles. The van der Waals surface area contributed by atoms with Gasteiger partial charge in [0.25, 0.3) is 0 Å². The van der Waals surface area contributed by atoms with Crippen molar-refractivity contribution in [3.8, 4) is 0 Å². The van der Waals surface area contributed by atoms with Gasteiger partial charge in [-0.2, -0.15) is 0 Å². The van der Waals surface area contributed by atoms with Crippen LogP contribution in [-0.2, 0) is 4.74 Å². The lowest BCUT2D eigenvalue weighted by atomic mass is 10.1. The van der Waals surface area contributed by atoms with Crippen LogP contribution in [-0.4, -0.2) is 30.8 Å². The van der Waals surface area contributed by atoms with Crippen LogP contribution in [0, 0.1) is 6.92 Å². The van der Waals surface area contributed by atoms with Gasteiger partial charge in [0, 0.05) is 31.5 Å². The zero-order chi connectivity index (χ0) is 16.3. The van der Waals surface area contributed by atoms with Crippen molar-refractivity contribution in [3.05, 3.63) is 23.8 Å². The van der Waals surface area contributed by atoms with E-state index in [2.05, 4.69) is 23.2 Å². The lowest BCUT2D eigenvalue weighted by molar-refractivity contribution is 0.0777. The van der Waals surface area contributed by atoms with Crippen molar-refractivity contribution in [2.45, 2.75) is 52.2 Å². The van der Waals surface area contributed by atoms with Crippen LogP contribution in [0.4, 0.5) is 16.2 Å². The van der Waals surface area contributed by atoms with Crippen LogP contribution >= 0.6 is 0 Å². The van der Waals surface area contributed by atoms with Crippen molar-refractivity contribution in [3.63, 3.8) is 0 Å². The molecule has 0 atom stereocenters. The van der Waals surface area contributed by atoms with Crippen molar-refractivity contribution >= 4 is 17.5 Å². The Kier molecular flexibility index (Phi) is 4.84. The van der Waals surface area contributed by atoms with Crippen molar-refractivity contribution in [1.82, 2.24) is 5.32 Å². The third kappa shape index (κ3) is 4.55. The molecule has 0 unspecified atom stereocenters. The Bertz CT molecular complexity index is 529. The Hall–Kier alpha value is -1.91. The van der Waals surface area contributed by atoms with Crippen LogP contribution in [0.25, 0.3) is 0 Å². The van der Waals surface area contributed by atoms with E-state index in [1.165, 1.54) is 5.56 Å². The maximum atomic E-state index is 11.8. The van der Waals surface area contributed by atoms with Crippen molar-refractivity contribution in [2.75, 3.05) is 23.7 Å². The number of nitrogen functional groups attached to an aromatic ring is 1. The quantitative estimate of drug-likeness (QED) is 0.824. The number of piperidine rings is 1. The molecule has 1 amide bonds. The first-order valence-electron chi connectivity index (χ1n) is 7.84. The number of carbonyl (C=O) groups is 1. The van der Waals surface area contributed by atoms with Crippen LogP contribution < -0.4 is 16.0 Å². The van der Waals surface area contributed by atoms with E-state index in [1.54, 1.807) is 0 Å². The van der Waals surface area contributed by atoms with Gasteiger partial charge in [-0.3, -0.25) is 0 Å². The zero-order valence-corrected chi connectivity index (χ0v) is 14.0. The Labute approximate surface area is 132 Å². The molecule has 22 heavy (non-hydrogen) atoms. The Balaban J connectivity index is 1.88. The summed E-state index contributed by atoms with van der Waals surface area (Å²) in [6.07, 6.45) is 1.29. The molecule has 5 heteroatoms. The van der Waals surface area contributed by atoms with Gasteiger partial charge >= 0.3 is 6.09 Å². The molecule has 3 N–H and O–H groups in total. The fraction of sp³-hybridized carbons (Fsp3) is 0.588. The third-order valence-corrected chi connectivity index (χ3v) is 3.72. The summed E-state index contributed by atoms with van der Waals surface area (Å²) in [4.78, 5) is 14.1. The maximum absolute atomic E-state index is 11.8. The molecule has 0 saturated carbocycles. The predicted octanol–water partition coefficient (Wildman–Crippen LogP) is 3.07. The predicted molar refractivity (Wildman–Crippen MR) is 90.2 cm³/mol. The van der Waals surface area contributed by atoms with Crippen LogP contribution in [0.2, 0.25) is 0 Å². The number of alkyl carbamates (subject to hydrolysis) is 1. The number of benzene rings is 1. The van der Waals surface area contributed by atoms with E-state index in [1.807, 2.05) is 32.9 Å². The summed E-state index contributed by atoms with van der Waals surface area (Å²) in [5.74, 6) is 0. The smallest absolute Gasteiger partial charge is 0.407 e. The van der Waals surface area contributed by atoms with Crippen molar-refractivity contribution in [2.24, 2.45) is 0 Å². The molecule has 1 heterocycles. The molecule has 1 aliphatic heterocycles. The second-order valence-electron chi connectivity index (χ2n) is 7.03. The van der Waals surface area contributed by atoms with Gasteiger partial charge in [0.2, 0.25) is 0 Å². The van der Waals surface area contributed by atoms with Gasteiger partial charge in [-0.05, 0) is 45.4 Å². The SMILES string of the molecule is Cc1ccc(N)c(N2CCC(OC(=O)NC(C)(C)C)CC2)c1. The standard InChI is InChI=1S/C17H27N3O2/c1-12-5-6-14(18)15(11-12)20-9-7-13(8-10-20)22-16(21)19-17(2,3)4/h5-6,11,13H,7-10,18H2,1-4H3,(H,19,21). The van der Waals surface area contributed by atoms with E-state index >= 15 is 0 Å². The first kappa shape index (κ1) is 16.5. The number of hydrogen-bond donors (Lipinski definition) is 2. The number of rotatable bonds is 2. The molecule has 2 rings (SSSR count). The lowest BCUT2D eigenvalue weighted by Crippen LogP contribution is -2.44. The molecular weight excluding hydrogens is 278 g/mol. The summed E-state index contributed by atoms with van der Waals surface area (Å²) in [5, 5.41) is 2.83. The first-order valence-corrected chi connectivity index (χ1v) is 7.84. The number of aryl methyl sites for hydroxylation is 1. The minimum Gasteiger partial charge on any atom is -0.446 e. The number of amides is 1. The van der Waals surface area contributed by atoms with Gasteiger partial charge in [0.1, 0.15) is 6.10 Å². The summed E-state index contributed by atoms with van der Waals surface area (Å²) in [6.45, 7) is 9.59. The van der Waals surface area contributed by atoms with Crippen LogP contribution in [0.1, 0.15) is 39.2 Å². The van der Waals surface area contributed by atoms with E-state index in [0.29, 0.717) is 0 Å². The van der Waals surface area contributed by atoms with E-state index < -0.39 is 0 Å². The number of ether oxygens (including phenoxy) is 1. The molecule has 122 valence electrons. The molecule has 0 bridgehead atoms. The van der Waals surface area contributed by atoms with Crippen LogP contribution in [0.3, 0.4) is 0 Å². The molecule has 1 fully saturated rings. The average molecular weight is 305 g/mol. The Morgan fingerprint density at radius 2 is 1.95 bits per heavy atom. The Morgan fingerprint density at radius 3 is 2.55 bits per heavy atom. The Morgan fingerprint density at radius 1 is 1.32 bits per heavy atom. The van der Waals surface area contributed by atoms with Gasteiger partial charge in [0.05, 0.1) is 11.4 Å². The number of hydrogen-bond acceptors (Lipinski definition) is 4. The molecular formula is C17H27N3O2. The molecule has 1 aromatic rings. The minimum atomic E-state index is -0.332. The maximum Gasteiger partial charge on any atom is 0.407 e. The summed E-state index contributed by atoms with van der Waals surface area (Å²) in [6, 6.07) is 6.08. The third-order valence-electron chi connectivity index (χ3n) is 3.72. The van der Waals surface area contributed by atoms with E-state index in [0.717, 1.165) is 37.3 Å². The largest absolute Gasteiger partial charge is 0.446 e. The van der Waals surface area contributed by atoms with Gasteiger partial charge in [-0.15, -0.1) is 0 Å². The fourth-order valence-electron chi connectivity index (χ4n) is 2.63. The highest BCUT2D eigenvalue weighted by Crippen LogP contribution is 2.28. The molecule has 0 aliphatic carbocycles. The van der Waals surface area contributed by atoms with Gasteiger partial charge < -0.3 is 20.7 Å². The second-order valence-corrected chi connectivity index (χ2v) is 7.03. The number of carbonyl (C=O) groups excluding carboxylic acids is 1. The summed E-state index contributed by atoms with van der Waals surface area (Å²) in [5.41, 5.74) is 8.88. The molecule has 5 nitrogen and oxygen atoms in total. The molecule has 1 aromatic carbocycles. The molecule has 0 aromatic heterocycles. The fourth-order valence-corrected chi connectivity index (χ4v) is 2.63. The van der Waals surface area contributed by atoms with Crippen LogP contribution in [0.5, 0.6) is 0 Å².